The van der Waals surface area contributed by atoms with E-state index in [1.807, 2.05) is 11.9 Å². The molecule has 7 heteroatoms. The molecule has 1 aliphatic carbocycles. The van der Waals surface area contributed by atoms with Crippen LogP contribution in [0.1, 0.15) is 32.1 Å². The fourth-order valence-corrected chi connectivity index (χ4v) is 4.58. The van der Waals surface area contributed by atoms with Crippen LogP contribution in [0.4, 0.5) is 0 Å². The quantitative estimate of drug-likeness (QED) is 0.412. The van der Waals surface area contributed by atoms with Crippen molar-refractivity contribution in [3.05, 3.63) is 46.2 Å². The number of carbonyl (C=O) groups is 1. The summed E-state index contributed by atoms with van der Waals surface area (Å²) in [7, 11) is 1.88. The molecule has 1 saturated carbocycles. The van der Waals surface area contributed by atoms with E-state index in [0.717, 1.165) is 12.8 Å². The van der Waals surface area contributed by atoms with Gasteiger partial charge in [0.15, 0.2) is 5.16 Å². The third-order valence-corrected chi connectivity index (χ3v) is 6.23. The van der Waals surface area contributed by atoms with E-state index in [1.54, 1.807) is 28.8 Å². The van der Waals surface area contributed by atoms with Crippen LogP contribution in [0.5, 0.6) is 0 Å². The van der Waals surface area contributed by atoms with Crippen molar-refractivity contribution in [3.63, 3.8) is 0 Å². The molecule has 0 N–H and O–H groups in total. The molecule has 0 radical (unpaired) electrons. The maximum Gasteiger partial charge on any atom is 0.262 e. The number of hydrogen-bond donors (Lipinski definition) is 0. The van der Waals surface area contributed by atoms with Crippen molar-refractivity contribution < 1.29 is 4.79 Å². The second kappa shape index (κ2) is 8.93. The van der Waals surface area contributed by atoms with E-state index in [9.17, 15) is 9.59 Å². The molecule has 2 aromatic rings. The van der Waals surface area contributed by atoms with Crippen LogP contribution in [0.3, 0.4) is 0 Å². The number of halogens is 1. The number of hydrogen-bond acceptors (Lipinski definition) is 4. The number of carbonyl (C=O) groups excluding carboxylic acids is 1. The molecule has 1 fully saturated rings. The van der Waals surface area contributed by atoms with Crippen molar-refractivity contribution in [3.8, 4) is 0 Å². The molecule has 0 aliphatic heterocycles. The van der Waals surface area contributed by atoms with Gasteiger partial charge in [-0.25, -0.2) is 4.98 Å². The van der Waals surface area contributed by atoms with Crippen LogP contribution in [-0.4, -0.2) is 39.2 Å². The highest BCUT2D eigenvalue weighted by molar-refractivity contribution is 7.99. The van der Waals surface area contributed by atoms with E-state index < -0.39 is 0 Å². The molecular weight excluding hydrogens is 382 g/mol. The van der Waals surface area contributed by atoms with Gasteiger partial charge in [0.2, 0.25) is 5.91 Å². The highest BCUT2D eigenvalue weighted by Gasteiger charge is 2.22. The molecular formula is C20H24ClN3O2S. The molecule has 1 aromatic carbocycles. The Balaban J connectivity index is 1.82. The maximum absolute atomic E-state index is 12.8. The first-order chi connectivity index (χ1) is 13.0. The van der Waals surface area contributed by atoms with Crippen molar-refractivity contribution in [2.75, 3.05) is 12.8 Å². The van der Waals surface area contributed by atoms with Gasteiger partial charge in [-0.3, -0.25) is 14.2 Å². The molecule has 144 valence electrons. The van der Waals surface area contributed by atoms with Gasteiger partial charge in [-0.1, -0.05) is 48.7 Å². The molecule has 0 atom stereocenters. The van der Waals surface area contributed by atoms with Gasteiger partial charge in [0, 0.05) is 24.7 Å². The molecule has 1 heterocycles. The smallest absolute Gasteiger partial charge is 0.262 e. The zero-order chi connectivity index (χ0) is 19.4. The third-order valence-electron chi connectivity index (χ3n) is 5.03. The van der Waals surface area contributed by atoms with Crippen molar-refractivity contribution >= 4 is 40.2 Å². The maximum atomic E-state index is 12.8. The number of nitrogens with zero attached hydrogens (tertiary/aromatic N) is 3. The van der Waals surface area contributed by atoms with Crippen LogP contribution in [0.15, 0.2) is 40.8 Å². The minimum atomic E-state index is -0.169. The second-order valence-corrected chi connectivity index (χ2v) is 8.22. The number of thioether (sulfide) groups is 1. The summed E-state index contributed by atoms with van der Waals surface area (Å²) in [5, 5.41) is 1.50. The molecule has 0 unspecified atom stereocenters. The fraction of sp³-hybridized carbons (Fsp3) is 0.450. The largest absolute Gasteiger partial charge is 0.342 e. The molecule has 0 saturated heterocycles. The number of allylic oxidation sites excluding steroid dienone is 1. The van der Waals surface area contributed by atoms with Gasteiger partial charge < -0.3 is 4.90 Å². The Labute approximate surface area is 168 Å². The van der Waals surface area contributed by atoms with Crippen LogP contribution >= 0.6 is 23.4 Å². The van der Waals surface area contributed by atoms with E-state index in [4.69, 9.17) is 11.6 Å². The van der Waals surface area contributed by atoms with Gasteiger partial charge in [0.05, 0.1) is 16.7 Å². The first kappa shape index (κ1) is 20.0. The topological polar surface area (TPSA) is 55.2 Å². The Kier molecular flexibility index (Phi) is 6.60. The molecule has 0 spiro atoms. The summed E-state index contributed by atoms with van der Waals surface area (Å²) in [4.78, 5) is 31.9. The molecule has 27 heavy (non-hydrogen) atoms. The minimum absolute atomic E-state index is 0.0718. The number of amides is 1. The van der Waals surface area contributed by atoms with E-state index in [2.05, 4.69) is 11.6 Å². The molecule has 1 aromatic heterocycles. The number of aromatic nitrogens is 2. The van der Waals surface area contributed by atoms with Crippen LogP contribution in [-0.2, 0) is 11.3 Å². The summed E-state index contributed by atoms with van der Waals surface area (Å²) in [6.45, 7) is 4.06. The van der Waals surface area contributed by atoms with Crippen LogP contribution in [0.2, 0.25) is 5.02 Å². The SMILES string of the molecule is C=CCn1c(SCC(=O)N(C)C2CCCCC2)nc2ccc(Cl)cc2c1=O. The highest BCUT2D eigenvalue weighted by Crippen LogP contribution is 2.24. The Bertz CT molecular complexity index is 906. The molecule has 1 amide bonds. The summed E-state index contributed by atoms with van der Waals surface area (Å²) < 4.78 is 1.55. The average Bonchev–Trinajstić information content (AvgIpc) is 2.69. The summed E-state index contributed by atoms with van der Waals surface area (Å²) in [5.41, 5.74) is 0.415. The lowest BCUT2D eigenvalue weighted by Gasteiger charge is -2.31. The van der Waals surface area contributed by atoms with Gasteiger partial charge in [0.1, 0.15) is 0 Å². The monoisotopic (exact) mass is 405 g/mol. The summed E-state index contributed by atoms with van der Waals surface area (Å²) in [5.74, 6) is 0.331. The second-order valence-electron chi connectivity index (χ2n) is 6.85. The number of rotatable bonds is 6. The third kappa shape index (κ3) is 4.55. The molecule has 0 bridgehead atoms. The Morgan fingerprint density at radius 3 is 2.85 bits per heavy atom. The van der Waals surface area contributed by atoms with Gasteiger partial charge in [-0.15, -0.1) is 6.58 Å². The van der Waals surface area contributed by atoms with Gasteiger partial charge in [-0.2, -0.15) is 0 Å². The van der Waals surface area contributed by atoms with E-state index in [1.165, 1.54) is 31.0 Å². The summed E-state index contributed by atoms with van der Waals surface area (Å²) >= 11 is 7.32. The normalized spacial score (nSPS) is 15.0. The first-order valence-electron chi connectivity index (χ1n) is 9.20. The average molecular weight is 406 g/mol. The van der Waals surface area contributed by atoms with E-state index in [0.29, 0.717) is 33.7 Å². The number of fused-ring (bicyclic) bond motifs is 1. The van der Waals surface area contributed by atoms with Crippen molar-refractivity contribution in [1.82, 2.24) is 14.5 Å². The number of benzene rings is 1. The van der Waals surface area contributed by atoms with Gasteiger partial charge in [-0.05, 0) is 31.0 Å². The first-order valence-corrected chi connectivity index (χ1v) is 10.6. The van der Waals surface area contributed by atoms with Crippen LogP contribution in [0, 0.1) is 0 Å². The lowest BCUT2D eigenvalue weighted by Crippen LogP contribution is -2.39. The molecule has 1 aliphatic rings. The summed E-state index contributed by atoms with van der Waals surface area (Å²) in [6.07, 6.45) is 7.42. The highest BCUT2D eigenvalue weighted by atomic mass is 35.5. The predicted molar refractivity (Wildman–Crippen MR) is 112 cm³/mol. The fourth-order valence-electron chi connectivity index (χ4n) is 3.47. The van der Waals surface area contributed by atoms with Crippen molar-refractivity contribution in [1.29, 1.82) is 0 Å². The van der Waals surface area contributed by atoms with Crippen LogP contribution < -0.4 is 5.56 Å². The Morgan fingerprint density at radius 2 is 2.15 bits per heavy atom. The lowest BCUT2D eigenvalue weighted by molar-refractivity contribution is -0.129. The standard InChI is InChI=1S/C20H24ClN3O2S/c1-3-11-24-19(26)16-12-14(21)9-10-17(16)22-20(24)27-13-18(25)23(2)15-7-5-4-6-8-15/h3,9-10,12,15H,1,4-8,11,13H2,2H3. The predicted octanol–water partition coefficient (Wildman–Crippen LogP) is 4.12. The van der Waals surface area contributed by atoms with Gasteiger partial charge in [0.25, 0.3) is 5.56 Å². The summed E-state index contributed by atoms with van der Waals surface area (Å²) in [6, 6.07) is 5.40. The van der Waals surface area contributed by atoms with Crippen molar-refractivity contribution in [2.24, 2.45) is 0 Å². The zero-order valence-corrected chi connectivity index (χ0v) is 17.1. The van der Waals surface area contributed by atoms with E-state index in [-0.39, 0.29) is 17.2 Å². The Morgan fingerprint density at radius 1 is 1.41 bits per heavy atom. The minimum Gasteiger partial charge on any atom is -0.342 e. The van der Waals surface area contributed by atoms with Crippen molar-refractivity contribution in [2.45, 2.75) is 49.8 Å². The lowest BCUT2D eigenvalue weighted by atomic mass is 9.94. The Hall–Kier alpha value is -1.79. The molecule has 3 rings (SSSR count). The van der Waals surface area contributed by atoms with Crippen LogP contribution in [0.25, 0.3) is 10.9 Å². The zero-order valence-electron chi connectivity index (χ0n) is 15.5. The van der Waals surface area contributed by atoms with E-state index >= 15 is 0 Å². The molecule has 5 nitrogen and oxygen atoms in total. The van der Waals surface area contributed by atoms with Gasteiger partial charge >= 0.3 is 0 Å².